The van der Waals surface area contributed by atoms with Crippen LogP contribution in [0.1, 0.15) is 50.4 Å². The van der Waals surface area contributed by atoms with E-state index in [9.17, 15) is 14.7 Å². The first-order valence-corrected chi connectivity index (χ1v) is 7.70. The van der Waals surface area contributed by atoms with Crippen molar-refractivity contribution in [1.82, 2.24) is 9.13 Å². The number of benzene rings is 1. The minimum Gasteiger partial charge on any atom is -0.494 e. The van der Waals surface area contributed by atoms with Gasteiger partial charge in [-0.1, -0.05) is 18.2 Å². The maximum absolute atomic E-state index is 12.8. The predicted octanol–water partition coefficient (Wildman–Crippen LogP) is 2.70. The van der Waals surface area contributed by atoms with Crippen LogP contribution in [-0.2, 0) is 5.54 Å². The van der Waals surface area contributed by atoms with Crippen molar-refractivity contribution in [2.24, 2.45) is 0 Å². The van der Waals surface area contributed by atoms with E-state index in [0.29, 0.717) is 0 Å². The zero-order chi connectivity index (χ0) is 17.5. The van der Waals surface area contributed by atoms with Gasteiger partial charge in [-0.15, -0.1) is 0 Å². The number of hydrogen-bond donors (Lipinski definition) is 1. The van der Waals surface area contributed by atoms with E-state index in [2.05, 4.69) is 0 Å². The summed E-state index contributed by atoms with van der Waals surface area (Å²) in [6, 6.07) is 6.59. The fourth-order valence-electron chi connectivity index (χ4n) is 2.89. The van der Waals surface area contributed by atoms with Crippen LogP contribution in [0.25, 0.3) is 0 Å². The second-order valence-electron chi connectivity index (χ2n) is 6.96. The summed E-state index contributed by atoms with van der Waals surface area (Å²) in [6.45, 7) is 11.2. The highest BCUT2D eigenvalue weighted by Crippen LogP contribution is 2.25. The third kappa shape index (κ3) is 2.96. The summed E-state index contributed by atoms with van der Waals surface area (Å²) in [5.74, 6) is -0.311. The molecule has 2 rings (SSSR count). The quantitative estimate of drug-likeness (QED) is 0.926. The molecule has 23 heavy (non-hydrogen) atoms. The molecule has 0 saturated carbocycles. The van der Waals surface area contributed by atoms with Crippen LogP contribution in [0.4, 0.5) is 0 Å². The zero-order valence-electron chi connectivity index (χ0n) is 14.5. The van der Waals surface area contributed by atoms with E-state index in [-0.39, 0.29) is 11.9 Å². The van der Waals surface area contributed by atoms with Crippen LogP contribution >= 0.6 is 0 Å². The van der Waals surface area contributed by atoms with Crippen molar-refractivity contribution in [2.45, 2.75) is 53.1 Å². The lowest BCUT2D eigenvalue weighted by atomic mass is 9.98. The number of rotatable bonds is 2. The SMILES string of the molecule is Cc1cccc(C(C)n2c(O)cc(=O)n(C(C)(C)C)c2=O)c1C. The topological polar surface area (TPSA) is 64.2 Å². The van der Waals surface area contributed by atoms with E-state index in [4.69, 9.17) is 0 Å². The first-order valence-electron chi connectivity index (χ1n) is 7.70. The fraction of sp³-hybridized carbons (Fsp3) is 0.444. The summed E-state index contributed by atoms with van der Waals surface area (Å²) in [5, 5.41) is 10.2. The molecule has 0 aliphatic carbocycles. The van der Waals surface area contributed by atoms with Crippen LogP contribution in [0.5, 0.6) is 5.88 Å². The van der Waals surface area contributed by atoms with Crippen LogP contribution in [0.15, 0.2) is 33.9 Å². The predicted molar refractivity (Wildman–Crippen MR) is 91.4 cm³/mol. The molecule has 1 atom stereocenters. The van der Waals surface area contributed by atoms with Crippen molar-refractivity contribution >= 4 is 0 Å². The minimum atomic E-state index is -0.662. The van der Waals surface area contributed by atoms with Crippen LogP contribution < -0.4 is 11.2 Å². The Morgan fingerprint density at radius 3 is 2.30 bits per heavy atom. The third-order valence-electron chi connectivity index (χ3n) is 4.27. The Hall–Kier alpha value is -2.30. The summed E-state index contributed by atoms with van der Waals surface area (Å²) in [4.78, 5) is 25.0. The third-order valence-corrected chi connectivity index (χ3v) is 4.27. The Morgan fingerprint density at radius 2 is 1.74 bits per heavy atom. The van der Waals surface area contributed by atoms with Gasteiger partial charge in [0.2, 0.25) is 5.88 Å². The number of hydrogen-bond acceptors (Lipinski definition) is 3. The van der Waals surface area contributed by atoms with Gasteiger partial charge in [0.15, 0.2) is 0 Å². The number of aryl methyl sites for hydroxylation is 1. The molecule has 1 unspecified atom stereocenters. The summed E-state index contributed by atoms with van der Waals surface area (Å²) in [7, 11) is 0. The molecule has 0 saturated heterocycles. The summed E-state index contributed by atoms with van der Waals surface area (Å²) >= 11 is 0. The molecule has 1 aromatic carbocycles. The Kier molecular flexibility index (Phi) is 4.24. The highest BCUT2D eigenvalue weighted by atomic mass is 16.3. The van der Waals surface area contributed by atoms with E-state index in [1.165, 1.54) is 9.13 Å². The molecule has 0 radical (unpaired) electrons. The van der Waals surface area contributed by atoms with Gasteiger partial charge >= 0.3 is 5.69 Å². The molecule has 1 heterocycles. The van der Waals surface area contributed by atoms with Crippen LogP contribution in [0.3, 0.4) is 0 Å². The molecular formula is C18H24N2O3. The normalized spacial score (nSPS) is 13.1. The van der Waals surface area contributed by atoms with E-state index >= 15 is 0 Å². The molecule has 0 fully saturated rings. The first-order chi connectivity index (χ1) is 10.6. The van der Waals surface area contributed by atoms with Crippen molar-refractivity contribution in [2.75, 3.05) is 0 Å². The highest BCUT2D eigenvalue weighted by Gasteiger charge is 2.24. The van der Waals surface area contributed by atoms with Gasteiger partial charge < -0.3 is 5.11 Å². The second kappa shape index (κ2) is 5.72. The van der Waals surface area contributed by atoms with Gasteiger partial charge in [-0.3, -0.25) is 13.9 Å². The number of aromatic nitrogens is 2. The molecule has 5 heteroatoms. The summed E-state index contributed by atoms with van der Waals surface area (Å²) in [5.41, 5.74) is 1.47. The Morgan fingerprint density at radius 1 is 1.13 bits per heavy atom. The van der Waals surface area contributed by atoms with Gasteiger partial charge in [0.1, 0.15) is 0 Å². The molecule has 5 nitrogen and oxygen atoms in total. The molecule has 1 aromatic heterocycles. The molecule has 0 bridgehead atoms. The van der Waals surface area contributed by atoms with Crippen LogP contribution in [-0.4, -0.2) is 14.2 Å². The first kappa shape index (κ1) is 17.1. The average molecular weight is 316 g/mol. The van der Waals surface area contributed by atoms with Gasteiger partial charge in [-0.2, -0.15) is 0 Å². The molecule has 1 N–H and O–H groups in total. The van der Waals surface area contributed by atoms with Gasteiger partial charge in [-0.05, 0) is 58.2 Å². The van der Waals surface area contributed by atoms with Gasteiger partial charge in [-0.25, -0.2) is 4.79 Å². The van der Waals surface area contributed by atoms with Crippen molar-refractivity contribution < 1.29 is 5.11 Å². The van der Waals surface area contributed by atoms with E-state index < -0.39 is 16.8 Å². The maximum Gasteiger partial charge on any atom is 0.334 e. The Bertz CT molecular complexity index is 854. The van der Waals surface area contributed by atoms with Gasteiger partial charge in [0.05, 0.1) is 12.1 Å². The molecule has 0 spiro atoms. The van der Waals surface area contributed by atoms with Crippen molar-refractivity contribution in [3.63, 3.8) is 0 Å². The minimum absolute atomic E-state index is 0.311. The van der Waals surface area contributed by atoms with Crippen molar-refractivity contribution in [1.29, 1.82) is 0 Å². The van der Waals surface area contributed by atoms with Crippen molar-refractivity contribution in [3.05, 3.63) is 61.8 Å². The Labute approximate surface area is 135 Å². The lowest BCUT2D eigenvalue weighted by Crippen LogP contribution is -2.47. The van der Waals surface area contributed by atoms with Crippen LogP contribution in [0.2, 0.25) is 0 Å². The highest BCUT2D eigenvalue weighted by molar-refractivity contribution is 5.36. The average Bonchev–Trinajstić information content (AvgIpc) is 2.39. The van der Waals surface area contributed by atoms with Crippen molar-refractivity contribution in [3.8, 4) is 5.88 Å². The maximum atomic E-state index is 12.8. The molecular weight excluding hydrogens is 292 g/mol. The fourth-order valence-corrected chi connectivity index (χ4v) is 2.89. The molecule has 0 aliphatic rings. The zero-order valence-corrected chi connectivity index (χ0v) is 14.5. The molecule has 2 aromatic rings. The standard InChI is InChI=1S/C18H24N2O3/c1-11-8-7-9-14(12(11)2)13(3)19-15(21)10-16(22)20(17(19)23)18(4,5)6/h7-10,13,21H,1-6H3. The van der Waals surface area contributed by atoms with E-state index in [1.54, 1.807) is 20.8 Å². The number of nitrogens with zero attached hydrogens (tertiary/aromatic N) is 2. The lowest BCUT2D eigenvalue weighted by Gasteiger charge is -2.25. The monoisotopic (exact) mass is 316 g/mol. The molecule has 0 amide bonds. The summed E-state index contributed by atoms with van der Waals surface area (Å²) < 4.78 is 2.45. The smallest absolute Gasteiger partial charge is 0.334 e. The Balaban J connectivity index is 2.76. The van der Waals surface area contributed by atoms with Gasteiger partial charge in [0.25, 0.3) is 5.56 Å². The number of aromatic hydroxyl groups is 1. The summed E-state index contributed by atoms with van der Waals surface area (Å²) in [6.07, 6.45) is 0. The van der Waals surface area contributed by atoms with Crippen LogP contribution in [0, 0.1) is 13.8 Å². The van der Waals surface area contributed by atoms with E-state index in [0.717, 1.165) is 22.8 Å². The molecule has 0 aliphatic heterocycles. The second-order valence-corrected chi connectivity index (χ2v) is 6.96. The van der Waals surface area contributed by atoms with Gasteiger partial charge in [0, 0.05) is 5.54 Å². The van der Waals surface area contributed by atoms with E-state index in [1.807, 2.05) is 39.0 Å². The molecule has 124 valence electrons. The largest absolute Gasteiger partial charge is 0.494 e. The lowest BCUT2D eigenvalue weighted by molar-refractivity contribution is 0.322.